The summed E-state index contributed by atoms with van der Waals surface area (Å²) in [6.45, 7) is 0. The van der Waals surface area contributed by atoms with Gasteiger partial charge in [-0.25, -0.2) is 4.39 Å². The molecule has 0 radical (unpaired) electrons. The van der Waals surface area contributed by atoms with Gasteiger partial charge in [-0.15, -0.1) is 11.8 Å². The number of halogens is 1. The van der Waals surface area contributed by atoms with Crippen LogP contribution in [0.5, 0.6) is 0 Å². The van der Waals surface area contributed by atoms with Gasteiger partial charge >= 0.3 is 0 Å². The van der Waals surface area contributed by atoms with Crippen LogP contribution in [0.25, 0.3) is 0 Å². The van der Waals surface area contributed by atoms with E-state index in [2.05, 4.69) is 0 Å². The first-order valence-corrected chi connectivity index (χ1v) is 6.64. The quantitative estimate of drug-likeness (QED) is 0.486. The van der Waals surface area contributed by atoms with Gasteiger partial charge in [0.2, 0.25) is 0 Å². The summed E-state index contributed by atoms with van der Waals surface area (Å²) in [5, 5.41) is 19.5. The highest BCUT2D eigenvalue weighted by molar-refractivity contribution is 7.98. The first-order valence-electron chi connectivity index (χ1n) is 5.66. The van der Waals surface area contributed by atoms with Crippen LogP contribution in [0.2, 0.25) is 0 Å². The third-order valence-electron chi connectivity index (χ3n) is 2.63. The Morgan fingerprint density at radius 3 is 2.55 bits per heavy atom. The van der Waals surface area contributed by atoms with Gasteiger partial charge in [0.05, 0.1) is 16.6 Å². The topological polar surface area (TPSA) is 66.9 Å². The van der Waals surface area contributed by atoms with Crippen molar-refractivity contribution in [2.45, 2.75) is 10.6 Å². The van der Waals surface area contributed by atoms with Gasteiger partial charge in [-0.1, -0.05) is 0 Å². The monoisotopic (exact) mass is 288 g/mol. The number of rotatable bonds is 4. The molecular weight excluding hydrogens is 279 g/mol. The van der Waals surface area contributed by atoms with Crippen LogP contribution in [0.1, 0.15) is 11.1 Å². The molecule has 0 unspecified atom stereocenters. The summed E-state index contributed by atoms with van der Waals surface area (Å²) in [5.41, 5.74) is 1.06. The van der Waals surface area contributed by atoms with Crippen molar-refractivity contribution < 1.29 is 9.31 Å². The van der Waals surface area contributed by atoms with Crippen LogP contribution in [0.4, 0.5) is 10.1 Å². The zero-order valence-electron chi connectivity index (χ0n) is 10.2. The normalized spacial score (nSPS) is 10.0. The van der Waals surface area contributed by atoms with Gasteiger partial charge in [0.25, 0.3) is 5.69 Å². The van der Waals surface area contributed by atoms with Crippen LogP contribution in [0.3, 0.4) is 0 Å². The summed E-state index contributed by atoms with van der Waals surface area (Å²) in [4.78, 5) is 10.9. The molecule has 2 rings (SSSR count). The smallest absolute Gasteiger partial charge is 0.258 e. The summed E-state index contributed by atoms with van der Waals surface area (Å²) in [6, 6.07) is 12.1. The molecule has 0 heterocycles. The predicted molar refractivity (Wildman–Crippen MR) is 73.8 cm³/mol. The van der Waals surface area contributed by atoms with Gasteiger partial charge in [0, 0.05) is 22.8 Å². The van der Waals surface area contributed by atoms with E-state index < -0.39 is 4.92 Å². The van der Waals surface area contributed by atoms with Crippen molar-refractivity contribution in [1.29, 1.82) is 5.26 Å². The minimum Gasteiger partial charge on any atom is -0.258 e. The Bertz CT molecular complexity index is 681. The Morgan fingerprint density at radius 1 is 1.25 bits per heavy atom. The molecule has 0 fully saturated rings. The number of benzene rings is 2. The molecule has 0 aliphatic heterocycles. The van der Waals surface area contributed by atoms with Crippen molar-refractivity contribution >= 4 is 17.4 Å². The molecule has 0 aliphatic rings. The maximum atomic E-state index is 13.2. The fourth-order valence-electron chi connectivity index (χ4n) is 1.62. The molecule has 0 amide bonds. The van der Waals surface area contributed by atoms with Crippen LogP contribution in [0.15, 0.2) is 47.4 Å². The highest BCUT2D eigenvalue weighted by Crippen LogP contribution is 2.26. The average Bonchev–Trinajstić information content (AvgIpc) is 2.45. The minimum atomic E-state index is -0.463. The van der Waals surface area contributed by atoms with Crippen LogP contribution in [-0.4, -0.2) is 4.92 Å². The molecular formula is C14H9FN2O2S. The van der Waals surface area contributed by atoms with Crippen LogP contribution < -0.4 is 0 Å². The molecule has 0 bridgehead atoms. The Labute approximate surface area is 119 Å². The summed E-state index contributed by atoms with van der Waals surface area (Å²) < 4.78 is 13.2. The Kier molecular flexibility index (Phi) is 4.33. The molecule has 0 aliphatic carbocycles. The zero-order valence-corrected chi connectivity index (χ0v) is 11.1. The van der Waals surface area contributed by atoms with E-state index in [1.807, 2.05) is 6.07 Å². The molecule has 0 spiro atoms. The van der Waals surface area contributed by atoms with Crippen molar-refractivity contribution in [3.05, 3.63) is 69.5 Å². The lowest BCUT2D eigenvalue weighted by Gasteiger charge is -2.04. The second-order valence-corrected chi connectivity index (χ2v) is 5.00. The van der Waals surface area contributed by atoms with Crippen LogP contribution in [0, 0.1) is 27.3 Å². The SMILES string of the molecule is N#Cc1ccc(F)cc1CSc1ccc([N+](=O)[O-])cc1. The van der Waals surface area contributed by atoms with Crippen LogP contribution >= 0.6 is 11.8 Å². The lowest BCUT2D eigenvalue weighted by atomic mass is 10.1. The van der Waals surface area contributed by atoms with E-state index in [4.69, 9.17) is 5.26 Å². The third kappa shape index (κ3) is 3.33. The van der Waals surface area contributed by atoms with Crippen molar-refractivity contribution in [2.75, 3.05) is 0 Å². The van der Waals surface area contributed by atoms with E-state index in [0.29, 0.717) is 16.9 Å². The molecule has 4 nitrogen and oxygen atoms in total. The third-order valence-corrected chi connectivity index (χ3v) is 3.69. The molecule has 100 valence electrons. The first-order chi connectivity index (χ1) is 9.60. The molecule has 0 aromatic heterocycles. The number of thioether (sulfide) groups is 1. The highest BCUT2D eigenvalue weighted by Gasteiger charge is 2.07. The maximum Gasteiger partial charge on any atom is 0.269 e. The van der Waals surface area contributed by atoms with Crippen molar-refractivity contribution in [3.63, 3.8) is 0 Å². The van der Waals surface area contributed by atoms with Gasteiger partial charge in [-0.05, 0) is 35.9 Å². The summed E-state index contributed by atoms with van der Waals surface area (Å²) in [7, 11) is 0. The number of hydrogen-bond donors (Lipinski definition) is 0. The Hall–Kier alpha value is -2.39. The molecule has 0 saturated heterocycles. The first kappa shape index (κ1) is 14.0. The van der Waals surface area contributed by atoms with Gasteiger partial charge in [-0.2, -0.15) is 5.26 Å². The number of nitro groups is 1. The summed E-state index contributed by atoms with van der Waals surface area (Å²) in [6.07, 6.45) is 0. The number of hydrogen-bond acceptors (Lipinski definition) is 4. The lowest BCUT2D eigenvalue weighted by molar-refractivity contribution is -0.384. The molecule has 0 saturated carbocycles. The Morgan fingerprint density at radius 2 is 1.95 bits per heavy atom. The van der Waals surface area contributed by atoms with Gasteiger partial charge in [0.15, 0.2) is 0 Å². The minimum absolute atomic E-state index is 0.0258. The molecule has 2 aromatic carbocycles. The lowest BCUT2D eigenvalue weighted by Crippen LogP contribution is -1.90. The summed E-state index contributed by atoms with van der Waals surface area (Å²) in [5.74, 6) is 0.0432. The molecule has 2 aromatic rings. The number of nitro benzene ring substituents is 1. The fourth-order valence-corrected chi connectivity index (χ4v) is 2.51. The van der Waals surface area contributed by atoms with Gasteiger partial charge < -0.3 is 0 Å². The molecule has 0 N–H and O–H groups in total. The van der Waals surface area contributed by atoms with Gasteiger partial charge in [-0.3, -0.25) is 10.1 Å². The standard InChI is InChI=1S/C14H9FN2O2S/c15-12-2-1-10(8-16)11(7-12)9-20-14-5-3-13(4-6-14)17(18)19/h1-7H,9H2. The zero-order chi connectivity index (χ0) is 14.5. The van der Waals surface area contributed by atoms with E-state index in [0.717, 1.165) is 4.90 Å². The van der Waals surface area contributed by atoms with E-state index >= 15 is 0 Å². The van der Waals surface area contributed by atoms with Crippen molar-refractivity contribution in [3.8, 4) is 6.07 Å². The second-order valence-electron chi connectivity index (χ2n) is 3.95. The number of nitriles is 1. The highest BCUT2D eigenvalue weighted by atomic mass is 32.2. The van der Waals surface area contributed by atoms with Gasteiger partial charge in [0.1, 0.15) is 5.82 Å². The van der Waals surface area contributed by atoms with E-state index in [9.17, 15) is 14.5 Å². The van der Waals surface area contributed by atoms with E-state index in [1.54, 1.807) is 12.1 Å². The molecule has 20 heavy (non-hydrogen) atoms. The fraction of sp³-hybridized carbons (Fsp3) is 0.0714. The van der Waals surface area contributed by atoms with E-state index in [-0.39, 0.29) is 11.5 Å². The Balaban J connectivity index is 2.11. The summed E-state index contributed by atoms with van der Waals surface area (Å²) >= 11 is 1.39. The van der Waals surface area contributed by atoms with Crippen molar-refractivity contribution in [2.24, 2.45) is 0 Å². The van der Waals surface area contributed by atoms with Crippen LogP contribution in [-0.2, 0) is 5.75 Å². The molecule has 0 atom stereocenters. The second kappa shape index (κ2) is 6.17. The number of nitrogens with zero attached hydrogens (tertiary/aromatic N) is 2. The maximum absolute atomic E-state index is 13.2. The largest absolute Gasteiger partial charge is 0.269 e. The molecule has 6 heteroatoms. The predicted octanol–water partition coefficient (Wildman–Crippen LogP) is 3.90. The number of non-ortho nitro benzene ring substituents is 1. The van der Waals surface area contributed by atoms with E-state index in [1.165, 1.54) is 42.1 Å². The van der Waals surface area contributed by atoms with Crippen molar-refractivity contribution in [1.82, 2.24) is 0 Å². The average molecular weight is 288 g/mol.